The third-order valence-corrected chi connectivity index (χ3v) is 4.64. The van der Waals surface area contributed by atoms with Crippen molar-refractivity contribution in [2.45, 2.75) is 26.3 Å². The number of fused-ring (bicyclic) bond motifs is 1. The monoisotopic (exact) mass is 433 g/mol. The second kappa shape index (κ2) is 7.79. The number of amides is 1. The van der Waals surface area contributed by atoms with Gasteiger partial charge in [-0.25, -0.2) is 4.98 Å². The molecule has 0 atom stereocenters. The van der Waals surface area contributed by atoms with Gasteiger partial charge in [-0.3, -0.25) is 4.79 Å². The molecule has 0 aliphatic rings. The number of hydrogen-bond acceptors (Lipinski definition) is 2. The highest BCUT2D eigenvalue weighted by Gasteiger charge is 2.10. The zero-order valence-electron chi connectivity index (χ0n) is 13.6. The zero-order valence-corrected chi connectivity index (χ0v) is 15.8. The molecule has 1 heterocycles. The minimum absolute atomic E-state index is 0.0375. The number of nitrogens with one attached hydrogen (secondary N) is 1. The highest BCUT2D eigenvalue weighted by atomic mass is 127. The first-order valence-electron chi connectivity index (χ1n) is 8.17. The molecule has 0 radical (unpaired) electrons. The van der Waals surface area contributed by atoms with E-state index in [2.05, 4.69) is 45.5 Å². The molecule has 0 saturated carbocycles. The molecule has 2 aromatic carbocycles. The second-order valence-corrected chi connectivity index (χ2v) is 6.93. The third-order valence-electron chi connectivity index (χ3n) is 3.92. The molecule has 0 spiro atoms. The fourth-order valence-corrected chi connectivity index (χ4v) is 3.14. The Bertz CT molecular complexity index is 839. The zero-order chi connectivity index (χ0) is 16.9. The quantitative estimate of drug-likeness (QED) is 0.597. The highest BCUT2D eigenvalue weighted by molar-refractivity contribution is 14.1. The van der Waals surface area contributed by atoms with Crippen LogP contribution >= 0.6 is 22.6 Å². The number of para-hydroxylation sites is 2. The summed E-state index contributed by atoms with van der Waals surface area (Å²) < 4.78 is 3.38. The largest absolute Gasteiger partial charge is 0.352 e. The number of rotatable bonds is 6. The van der Waals surface area contributed by atoms with E-state index in [9.17, 15) is 4.79 Å². The summed E-state index contributed by atoms with van der Waals surface area (Å²) in [5.41, 5.74) is 2.88. The SMILES string of the molecule is CCCn1c(CCNC(=O)c2ccc(I)cc2)nc2ccccc21. The second-order valence-electron chi connectivity index (χ2n) is 5.68. The van der Waals surface area contributed by atoms with Crippen molar-refractivity contribution in [3.05, 3.63) is 63.5 Å². The smallest absolute Gasteiger partial charge is 0.251 e. The number of carbonyl (C=O) groups excluding carboxylic acids is 1. The molecular weight excluding hydrogens is 413 g/mol. The van der Waals surface area contributed by atoms with Gasteiger partial charge in [-0.1, -0.05) is 19.1 Å². The number of benzene rings is 2. The third kappa shape index (κ3) is 3.77. The Hall–Kier alpha value is -1.89. The van der Waals surface area contributed by atoms with Crippen LogP contribution in [0.4, 0.5) is 0 Å². The van der Waals surface area contributed by atoms with Crippen LogP contribution in [0.15, 0.2) is 48.5 Å². The van der Waals surface area contributed by atoms with Crippen molar-refractivity contribution in [2.24, 2.45) is 0 Å². The van der Waals surface area contributed by atoms with Crippen LogP contribution in [-0.2, 0) is 13.0 Å². The Balaban J connectivity index is 1.68. The average molecular weight is 433 g/mol. The van der Waals surface area contributed by atoms with Crippen LogP contribution in [0.25, 0.3) is 11.0 Å². The van der Waals surface area contributed by atoms with E-state index in [0.29, 0.717) is 12.1 Å². The molecule has 0 saturated heterocycles. The van der Waals surface area contributed by atoms with Crippen LogP contribution in [0.1, 0.15) is 29.5 Å². The van der Waals surface area contributed by atoms with E-state index in [1.54, 1.807) is 0 Å². The van der Waals surface area contributed by atoms with Crippen molar-refractivity contribution in [2.75, 3.05) is 6.54 Å². The van der Waals surface area contributed by atoms with Crippen LogP contribution in [-0.4, -0.2) is 22.0 Å². The topological polar surface area (TPSA) is 46.9 Å². The van der Waals surface area contributed by atoms with E-state index in [0.717, 1.165) is 34.3 Å². The van der Waals surface area contributed by atoms with Gasteiger partial charge in [0.25, 0.3) is 5.91 Å². The maximum atomic E-state index is 12.2. The van der Waals surface area contributed by atoms with Gasteiger partial charge >= 0.3 is 0 Å². The number of halogens is 1. The van der Waals surface area contributed by atoms with Gasteiger partial charge in [0.2, 0.25) is 0 Å². The summed E-state index contributed by atoms with van der Waals surface area (Å²) in [4.78, 5) is 16.9. The number of hydrogen-bond donors (Lipinski definition) is 1. The molecule has 124 valence electrons. The first kappa shape index (κ1) is 17.0. The maximum absolute atomic E-state index is 12.2. The van der Waals surface area contributed by atoms with Gasteiger partial charge in [-0.05, 0) is 65.4 Å². The molecule has 1 aromatic heterocycles. The normalized spacial score (nSPS) is 10.9. The number of imidazole rings is 1. The van der Waals surface area contributed by atoms with Crippen molar-refractivity contribution in [1.29, 1.82) is 0 Å². The number of carbonyl (C=O) groups is 1. The number of aromatic nitrogens is 2. The molecule has 1 amide bonds. The standard InChI is InChI=1S/C19H20IN3O/c1-2-13-23-17-6-4-3-5-16(17)22-18(23)11-12-21-19(24)14-7-9-15(20)10-8-14/h3-10H,2,11-13H2,1H3,(H,21,24). The molecule has 0 unspecified atom stereocenters. The summed E-state index contributed by atoms with van der Waals surface area (Å²) in [5.74, 6) is 0.991. The van der Waals surface area contributed by atoms with Gasteiger partial charge in [0.05, 0.1) is 11.0 Å². The van der Waals surface area contributed by atoms with Crippen LogP contribution < -0.4 is 5.32 Å². The van der Waals surface area contributed by atoms with Crippen LogP contribution in [0.2, 0.25) is 0 Å². The summed E-state index contributed by atoms with van der Waals surface area (Å²) >= 11 is 2.23. The highest BCUT2D eigenvalue weighted by Crippen LogP contribution is 2.17. The lowest BCUT2D eigenvalue weighted by Crippen LogP contribution is -2.26. The molecule has 0 aliphatic heterocycles. The summed E-state index contributed by atoms with van der Waals surface area (Å²) in [6.07, 6.45) is 1.78. The number of aryl methyl sites for hydroxylation is 1. The Kier molecular flexibility index (Phi) is 5.50. The van der Waals surface area contributed by atoms with Crippen molar-refractivity contribution in [3.63, 3.8) is 0 Å². The van der Waals surface area contributed by atoms with E-state index in [-0.39, 0.29) is 5.91 Å². The summed E-state index contributed by atoms with van der Waals surface area (Å²) in [6.45, 7) is 3.69. The lowest BCUT2D eigenvalue weighted by molar-refractivity contribution is 0.0954. The van der Waals surface area contributed by atoms with Gasteiger partial charge in [-0.15, -0.1) is 0 Å². The van der Waals surface area contributed by atoms with E-state index < -0.39 is 0 Å². The molecule has 1 N–H and O–H groups in total. The van der Waals surface area contributed by atoms with Gasteiger partial charge in [0.15, 0.2) is 0 Å². The Morgan fingerprint density at radius 1 is 1.17 bits per heavy atom. The van der Waals surface area contributed by atoms with E-state index in [1.807, 2.05) is 42.5 Å². The lowest BCUT2D eigenvalue weighted by Gasteiger charge is -2.09. The first-order chi connectivity index (χ1) is 11.7. The number of nitrogens with zero attached hydrogens (tertiary/aromatic N) is 2. The van der Waals surface area contributed by atoms with Gasteiger partial charge in [-0.2, -0.15) is 0 Å². The Morgan fingerprint density at radius 2 is 1.92 bits per heavy atom. The summed E-state index contributed by atoms with van der Waals surface area (Å²) in [6, 6.07) is 15.8. The first-order valence-corrected chi connectivity index (χ1v) is 9.25. The van der Waals surface area contributed by atoms with Crippen LogP contribution in [0, 0.1) is 3.57 Å². The lowest BCUT2D eigenvalue weighted by atomic mass is 10.2. The molecule has 0 bridgehead atoms. The fraction of sp³-hybridized carbons (Fsp3) is 0.263. The molecule has 0 fully saturated rings. The van der Waals surface area contributed by atoms with Crippen molar-refractivity contribution >= 4 is 39.5 Å². The van der Waals surface area contributed by atoms with E-state index in [4.69, 9.17) is 4.98 Å². The molecule has 24 heavy (non-hydrogen) atoms. The minimum atomic E-state index is -0.0375. The minimum Gasteiger partial charge on any atom is -0.352 e. The Labute approximate surface area is 155 Å². The van der Waals surface area contributed by atoms with E-state index >= 15 is 0 Å². The van der Waals surface area contributed by atoms with Crippen LogP contribution in [0.3, 0.4) is 0 Å². The van der Waals surface area contributed by atoms with Gasteiger partial charge in [0, 0.05) is 28.6 Å². The van der Waals surface area contributed by atoms with Gasteiger partial charge in [0.1, 0.15) is 5.82 Å². The van der Waals surface area contributed by atoms with Crippen molar-refractivity contribution in [3.8, 4) is 0 Å². The fourth-order valence-electron chi connectivity index (χ4n) is 2.78. The molecule has 5 heteroatoms. The summed E-state index contributed by atoms with van der Waals surface area (Å²) in [5, 5.41) is 2.99. The molecule has 0 aliphatic carbocycles. The predicted molar refractivity (Wildman–Crippen MR) is 105 cm³/mol. The Morgan fingerprint density at radius 3 is 2.67 bits per heavy atom. The predicted octanol–water partition coefficient (Wildman–Crippen LogP) is 4.02. The maximum Gasteiger partial charge on any atom is 0.251 e. The van der Waals surface area contributed by atoms with Crippen molar-refractivity contribution < 1.29 is 4.79 Å². The molecular formula is C19H20IN3O. The molecule has 3 aromatic rings. The molecule has 3 rings (SSSR count). The summed E-state index contributed by atoms with van der Waals surface area (Å²) in [7, 11) is 0. The molecule has 4 nitrogen and oxygen atoms in total. The van der Waals surface area contributed by atoms with Crippen molar-refractivity contribution in [1.82, 2.24) is 14.9 Å². The average Bonchev–Trinajstić information content (AvgIpc) is 2.94. The van der Waals surface area contributed by atoms with Crippen LogP contribution in [0.5, 0.6) is 0 Å². The van der Waals surface area contributed by atoms with E-state index in [1.165, 1.54) is 5.52 Å². The van der Waals surface area contributed by atoms with Gasteiger partial charge < -0.3 is 9.88 Å².